The number of rotatable bonds is 9. The lowest BCUT2D eigenvalue weighted by molar-refractivity contribution is -0.0490. The standard InChI is InChI=1S/C18H24F2N2O2/c1-12(22-10-18(19,20)11-23)6-14-8-21-17-7-15(4-5-16(14)17)24-9-13-2-3-13/h4-5,7-8,12-13,21-23H,2-3,6,9-11H2,1H3/t12-/m1/s1. The summed E-state index contributed by atoms with van der Waals surface area (Å²) < 4.78 is 32.0. The van der Waals surface area contributed by atoms with Crippen LogP contribution in [0.3, 0.4) is 0 Å². The number of aliphatic hydroxyl groups excluding tert-OH is 1. The molecule has 1 atom stereocenters. The lowest BCUT2D eigenvalue weighted by Gasteiger charge is -2.18. The third-order valence-corrected chi connectivity index (χ3v) is 4.39. The molecule has 1 aromatic carbocycles. The average Bonchev–Trinajstić information content (AvgIpc) is 3.32. The molecule has 3 rings (SSSR count). The highest BCUT2D eigenvalue weighted by Crippen LogP contribution is 2.30. The molecule has 0 bridgehead atoms. The molecule has 1 heterocycles. The van der Waals surface area contributed by atoms with E-state index in [2.05, 4.69) is 10.3 Å². The van der Waals surface area contributed by atoms with E-state index in [9.17, 15) is 8.78 Å². The molecule has 2 aromatic rings. The van der Waals surface area contributed by atoms with E-state index in [4.69, 9.17) is 9.84 Å². The normalized spacial score (nSPS) is 16.5. The highest BCUT2D eigenvalue weighted by Gasteiger charge is 2.27. The van der Waals surface area contributed by atoms with Crippen LogP contribution in [0.4, 0.5) is 8.78 Å². The zero-order valence-corrected chi connectivity index (χ0v) is 13.8. The van der Waals surface area contributed by atoms with Crippen molar-refractivity contribution in [1.82, 2.24) is 10.3 Å². The van der Waals surface area contributed by atoms with Crippen LogP contribution in [0.2, 0.25) is 0 Å². The van der Waals surface area contributed by atoms with Gasteiger partial charge in [0.2, 0.25) is 0 Å². The van der Waals surface area contributed by atoms with Gasteiger partial charge in [0.15, 0.2) is 0 Å². The molecule has 1 saturated carbocycles. The second-order valence-electron chi connectivity index (χ2n) is 6.78. The van der Waals surface area contributed by atoms with Gasteiger partial charge in [-0.05, 0) is 49.8 Å². The molecule has 24 heavy (non-hydrogen) atoms. The zero-order chi connectivity index (χ0) is 17.2. The Morgan fingerprint density at radius 3 is 2.92 bits per heavy atom. The molecule has 0 unspecified atom stereocenters. The third-order valence-electron chi connectivity index (χ3n) is 4.39. The Balaban J connectivity index is 1.60. The number of aliphatic hydroxyl groups is 1. The van der Waals surface area contributed by atoms with Gasteiger partial charge >= 0.3 is 0 Å². The highest BCUT2D eigenvalue weighted by atomic mass is 19.3. The summed E-state index contributed by atoms with van der Waals surface area (Å²) in [6.07, 6.45) is 5.06. The molecule has 6 heteroatoms. The van der Waals surface area contributed by atoms with E-state index in [1.165, 1.54) is 12.8 Å². The van der Waals surface area contributed by atoms with Gasteiger partial charge in [0, 0.05) is 29.2 Å². The molecule has 1 aliphatic carbocycles. The van der Waals surface area contributed by atoms with E-state index in [-0.39, 0.29) is 6.04 Å². The van der Waals surface area contributed by atoms with E-state index in [1.54, 1.807) is 0 Å². The first-order valence-electron chi connectivity index (χ1n) is 8.42. The average molecular weight is 338 g/mol. The molecule has 1 fully saturated rings. The summed E-state index contributed by atoms with van der Waals surface area (Å²) in [4.78, 5) is 3.22. The Bertz CT molecular complexity index is 683. The molecular weight excluding hydrogens is 314 g/mol. The minimum atomic E-state index is -3.08. The van der Waals surface area contributed by atoms with Crippen molar-refractivity contribution < 1.29 is 18.6 Å². The van der Waals surface area contributed by atoms with Gasteiger partial charge in [-0.2, -0.15) is 0 Å². The fourth-order valence-corrected chi connectivity index (χ4v) is 2.70. The summed E-state index contributed by atoms with van der Waals surface area (Å²) >= 11 is 0. The number of hydrogen-bond donors (Lipinski definition) is 3. The maximum Gasteiger partial charge on any atom is 0.282 e. The zero-order valence-electron chi connectivity index (χ0n) is 13.8. The third kappa shape index (κ3) is 4.45. The van der Waals surface area contributed by atoms with Crippen LogP contribution in [-0.4, -0.2) is 41.8 Å². The van der Waals surface area contributed by atoms with Gasteiger partial charge in [-0.1, -0.05) is 0 Å². The number of alkyl halides is 2. The van der Waals surface area contributed by atoms with Crippen LogP contribution in [0, 0.1) is 5.92 Å². The number of aromatic amines is 1. The Hall–Kier alpha value is -1.66. The van der Waals surface area contributed by atoms with E-state index < -0.39 is 19.1 Å². The number of aromatic nitrogens is 1. The van der Waals surface area contributed by atoms with Crippen LogP contribution in [0.25, 0.3) is 10.9 Å². The Kier molecular flexibility index (Phi) is 5.06. The molecule has 1 aromatic heterocycles. The van der Waals surface area contributed by atoms with Gasteiger partial charge in [0.05, 0.1) is 13.2 Å². The molecule has 0 radical (unpaired) electrons. The summed E-state index contributed by atoms with van der Waals surface area (Å²) in [5, 5.41) is 12.5. The van der Waals surface area contributed by atoms with Crippen molar-refractivity contribution in [3.63, 3.8) is 0 Å². The molecule has 0 amide bonds. The van der Waals surface area contributed by atoms with E-state index in [1.807, 2.05) is 31.3 Å². The molecule has 3 N–H and O–H groups in total. The molecule has 0 spiro atoms. The topological polar surface area (TPSA) is 57.3 Å². The Morgan fingerprint density at radius 2 is 2.21 bits per heavy atom. The quantitative estimate of drug-likeness (QED) is 0.658. The summed E-state index contributed by atoms with van der Waals surface area (Å²) in [7, 11) is 0. The van der Waals surface area contributed by atoms with Gasteiger partial charge in [0.25, 0.3) is 5.92 Å². The Morgan fingerprint density at radius 1 is 1.42 bits per heavy atom. The van der Waals surface area contributed by atoms with Crippen molar-refractivity contribution in [3.05, 3.63) is 30.0 Å². The van der Waals surface area contributed by atoms with Gasteiger partial charge in [-0.15, -0.1) is 0 Å². The van der Waals surface area contributed by atoms with Crippen molar-refractivity contribution in [3.8, 4) is 5.75 Å². The molecule has 1 aliphatic rings. The first kappa shape index (κ1) is 17.2. The molecule has 4 nitrogen and oxygen atoms in total. The maximum absolute atomic E-state index is 13.1. The van der Waals surface area contributed by atoms with E-state index in [0.29, 0.717) is 12.3 Å². The monoisotopic (exact) mass is 338 g/mol. The van der Waals surface area contributed by atoms with Gasteiger partial charge in [-0.3, -0.25) is 0 Å². The van der Waals surface area contributed by atoms with Crippen LogP contribution in [-0.2, 0) is 6.42 Å². The van der Waals surface area contributed by atoms with Gasteiger partial charge < -0.3 is 20.1 Å². The number of hydrogen-bond acceptors (Lipinski definition) is 3. The van der Waals surface area contributed by atoms with Crippen molar-refractivity contribution in [2.75, 3.05) is 19.8 Å². The molecular formula is C18H24F2N2O2. The fourth-order valence-electron chi connectivity index (χ4n) is 2.70. The van der Waals surface area contributed by atoms with E-state index in [0.717, 1.165) is 28.8 Å². The largest absolute Gasteiger partial charge is 0.493 e. The molecule has 132 valence electrons. The minimum absolute atomic E-state index is 0.118. The second kappa shape index (κ2) is 7.07. The van der Waals surface area contributed by atoms with Crippen molar-refractivity contribution in [2.24, 2.45) is 5.92 Å². The number of benzene rings is 1. The first-order valence-corrected chi connectivity index (χ1v) is 8.42. The highest BCUT2D eigenvalue weighted by molar-refractivity contribution is 5.84. The number of ether oxygens (including phenoxy) is 1. The number of nitrogens with one attached hydrogen (secondary N) is 2. The van der Waals surface area contributed by atoms with Gasteiger partial charge in [0.1, 0.15) is 12.4 Å². The van der Waals surface area contributed by atoms with Crippen LogP contribution >= 0.6 is 0 Å². The lowest BCUT2D eigenvalue weighted by atomic mass is 10.1. The predicted molar refractivity (Wildman–Crippen MR) is 89.7 cm³/mol. The molecule has 0 saturated heterocycles. The minimum Gasteiger partial charge on any atom is -0.493 e. The summed E-state index contributed by atoms with van der Waals surface area (Å²) in [5.41, 5.74) is 2.07. The van der Waals surface area contributed by atoms with Crippen molar-refractivity contribution >= 4 is 10.9 Å². The van der Waals surface area contributed by atoms with Crippen LogP contribution < -0.4 is 10.1 Å². The maximum atomic E-state index is 13.1. The number of halogens is 2. The van der Waals surface area contributed by atoms with E-state index >= 15 is 0 Å². The Labute approximate surface area is 140 Å². The molecule has 0 aliphatic heterocycles. The smallest absolute Gasteiger partial charge is 0.282 e. The second-order valence-corrected chi connectivity index (χ2v) is 6.78. The van der Waals surface area contributed by atoms with Crippen molar-refractivity contribution in [1.29, 1.82) is 0 Å². The summed E-state index contributed by atoms with van der Waals surface area (Å²) in [6.45, 7) is 0.980. The SMILES string of the molecule is C[C@H](Cc1c[nH]c2cc(OCC3CC3)ccc12)NCC(F)(F)CO. The van der Waals surface area contributed by atoms with Crippen LogP contribution in [0.1, 0.15) is 25.3 Å². The lowest BCUT2D eigenvalue weighted by Crippen LogP contribution is -2.40. The van der Waals surface area contributed by atoms with Crippen LogP contribution in [0.5, 0.6) is 5.75 Å². The van der Waals surface area contributed by atoms with Crippen LogP contribution in [0.15, 0.2) is 24.4 Å². The number of fused-ring (bicyclic) bond motifs is 1. The fraction of sp³-hybridized carbons (Fsp3) is 0.556. The number of H-pyrrole nitrogens is 1. The summed E-state index contributed by atoms with van der Waals surface area (Å²) in [5.74, 6) is -1.51. The predicted octanol–water partition coefficient (Wildman–Crippen LogP) is 3.10. The summed E-state index contributed by atoms with van der Waals surface area (Å²) in [6, 6.07) is 5.84. The van der Waals surface area contributed by atoms with Gasteiger partial charge in [-0.25, -0.2) is 8.78 Å². The first-order chi connectivity index (χ1) is 11.5. The van der Waals surface area contributed by atoms with Crippen molar-refractivity contribution in [2.45, 2.75) is 38.2 Å².